The topological polar surface area (TPSA) is 62.5 Å². The minimum Gasteiger partial charge on any atom is -0.477 e. The zero-order valence-corrected chi connectivity index (χ0v) is 12.2. The van der Waals surface area contributed by atoms with Crippen LogP contribution in [0.5, 0.6) is 0 Å². The number of hydrogen-bond donors (Lipinski definition) is 1. The van der Waals surface area contributed by atoms with Crippen molar-refractivity contribution in [1.29, 1.82) is 0 Å². The quantitative estimate of drug-likeness (QED) is 0.889. The molecule has 0 amide bonds. The molecule has 0 saturated carbocycles. The Hall–Kier alpha value is -1.62. The number of pyridine rings is 1. The van der Waals surface area contributed by atoms with Crippen LogP contribution < -0.4 is 5.56 Å². The van der Waals surface area contributed by atoms with Crippen LogP contribution in [0.3, 0.4) is 0 Å². The second-order valence-electron chi connectivity index (χ2n) is 5.51. The van der Waals surface area contributed by atoms with Crippen molar-refractivity contribution >= 4 is 5.97 Å². The Morgan fingerprint density at radius 2 is 1.90 bits per heavy atom. The molecule has 1 fully saturated rings. The van der Waals surface area contributed by atoms with E-state index in [1.54, 1.807) is 17.6 Å². The molecule has 0 aliphatic carbocycles. The summed E-state index contributed by atoms with van der Waals surface area (Å²) in [6.07, 6.45) is 3.39. The van der Waals surface area contributed by atoms with Gasteiger partial charge in [-0.15, -0.1) is 0 Å². The number of aryl methyl sites for hydroxylation is 2. The smallest absolute Gasteiger partial charge is 0.341 e. The molecule has 1 aliphatic rings. The lowest BCUT2D eigenvalue weighted by Gasteiger charge is -2.16. The summed E-state index contributed by atoms with van der Waals surface area (Å²) in [7, 11) is 0. The Labute approximate surface area is 118 Å². The molecule has 1 aromatic heterocycles. The highest BCUT2D eigenvalue weighted by Crippen LogP contribution is 2.10. The highest BCUT2D eigenvalue weighted by molar-refractivity contribution is 5.88. The van der Waals surface area contributed by atoms with Gasteiger partial charge >= 0.3 is 5.97 Å². The van der Waals surface area contributed by atoms with Crippen LogP contribution in [0.15, 0.2) is 10.9 Å². The largest absolute Gasteiger partial charge is 0.477 e. The molecule has 1 N–H and O–H groups in total. The third-order valence-corrected chi connectivity index (χ3v) is 3.97. The SMILES string of the molecule is Cc1cc(C)n(CCCN2CCCC2)c(=O)c1C(=O)O. The van der Waals surface area contributed by atoms with Gasteiger partial charge in [-0.1, -0.05) is 0 Å². The molecule has 0 unspecified atom stereocenters. The van der Waals surface area contributed by atoms with E-state index >= 15 is 0 Å². The summed E-state index contributed by atoms with van der Waals surface area (Å²) in [5.74, 6) is -1.14. The molecule has 0 bridgehead atoms. The third-order valence-electron chi connectivity index (χ3n) is 3.97. The van der Waals surface area contributed by atoms with E-state index in [1.807, 2.05) is 6.92 Å². The zero-order valence-electron chi connectivity index (χ0n) is 12.2. The summed E-state index contributed by atoms with van der Waals surface area (Å²) in [6, 6.07) is 1.78. The molecule has 1 aromatic rings. The lowest BCUT2D eigenvalue weighted by atomic mass is 10.1. The maximum Gasteiger partial charge on any atom is 0.341 e. The number of hydrogen-bond acceptors (Lipinski definition) is 3. The summed E-state index contributed by atoms with van der Waals surface area (Å²) >= 11 is 0. The molecule has 2 heterocycles. The number of nitrogens with zero attached hydrogens (tertiary/aromatic N) is 2. The minimum absolute atomic E-state index is 0.100. The van der Waals surface area contributed by atoms with E-state index in [0.29, 0.717) is 12.1 Å². The summed E-state index contributed by atoms with van der Waals surface area (Å²) in [5, 5.41) is 9.14. The normalized spacial score (nSPS) is 15.7. The second kappa shape index (κ2) is 6.22. The predicted octanol–water partition coefficient (Wildman–Crippen LogP) is 1.65. The Bertz CT molecular complexity index is 557. The number of carboxylic acids is 1. The van der Waals surface area contributed by atoms with Gasteiger partial charge in [0, 0.05) is 12.2 Å². The van der Waals surface area contributed by atoms with Gasteiger partial charge in [0.1, 0.15) is 5.56 Å². The van der Waals surface area contributed by atoms with Crippen LogP contribution in [0.25, 0.3) is 0 Å². The Balaban J connectivity index is 2.12. The summed E-state index contributed by atoms with van der Waals surface area (Å²) in [5.41, 5.74) is 0.892. The van der Waals surface area contributed by atoms with E-state index in [1.165, 1.54) is 12.8 Å². The molecule has 0 spiro atoms. The number of aromatic nitrogens is 1. The maximum absolute atomic E-state index is 12.2. The second-order valence-corrected chi connectivity index (χ2v) is 5.51. The first-order valence-corrected chi connectivity index (χ1v) is 7.17. The van der Waals surface area contributed by atoms with Crippen molar-refractivity contribution in [3.05, 3.63) is 33.2 Å². The lowest BCUT2D eigenvalue weighted by molar-refractivity contribution is 0.0693. The van der Waals surface area contributed by atoms with Crippen LogP contribution >= 0.6 is 0 Å². The number of carboxylic acid groups (broad SMARTS) is 1. The molecule has 110 valence electrons. The van der Waals surface area contributed by atoms with Gasteiger partial charge in [-0.2, -0.15) is 0 Å². The summed E-state index contributed by atoms with van der Waals surface area (Å²) in [4.78, 5) is 25.8. The van der Waals surface area contributed by atoms with E-state index in [9.17, 15) is 9.59 Å². The van der Waals surface area contributed by atoms with E-state index < -0.39 is 5.97 Å². The molecule has 2 rings (SSSR count). The molecule has 20 heavy (non-hydrogen) atoms. The number of likely N-dealkylation sites (tertiary alicyclic amines) is 1. The third kappa shape index (κ3) is 3.10. The predicted molar refractivity (Wildman–Crippen MR) is 77.4 cm³/mol. The zero-order chi connectivity index (χ0) is 14.7. The van der Waals surface area contributed by atoms with Crippen molar-refractivity contribution in [2.45, 2.75) is 39.7 Å². The molecule has 1 aliphatic heterocycles. The Morgan fingerprint density at radius 3 is 2.50 bits per heavy atom. The molecule has 1 saturated heterocycles. The van der Waals surface area contributed by atoms with E-state index in [4.69, 9.17) is 5.11 Å². The summed E-state index contributed by atoms with van der Waals surface area (Å²) < 4.78 is 1.59. The molecule has 0 atom stereocenters. The average molecular weight is 278 g/mol. The Morgan fingerprint density at radius 1 is 1.25 bits per heavy atom. The average Bonchev–Trinajstić information content (AvgIpc) is 2.85. The van der Waals surface area contributed by atoms with Gasteiger partial charge in [0.25, 0.3) is 5.56 Å². The fraction of sp³-hybridized carbons (Fsp3) is 0.600. The van der Waals surface area contributed by atoms with Gasteiger partial charge < -0.3 is 14.6 Å². The van der Waals surface area contributed by atoms with Crippen molar-refractivity contribution in [3.63, 3.8) is 0 Å². The fourth-order valence-electron chi connectivity index (χ4n) is 2.92. The van der Waals surface area contributed by atoms with Crippen molar-refractivity contribution < 1.29 is 9.90 Å². The monoisotopic (exact) mass is 278 g/mol. The van der Waals surface area contributed by atoms with Crippen LogP contribution in [0.2, 0.25) is 0 Å². The molecular weight excluding hydrogens is 256 g/mol. The molecule has 0 radical (unpaired) electrons. The van der Waals surface area contributed by atoms with E-state index in [0.717, 1.165) is 31.7 Å². The van der Waals surface area contributed by atoms with Gasteiger partial charge in [0.15, 0.2) is 0 Å². The van der Waals surface area contributed by atoms with Crippen LogP contribution in [0.1, 0.15) is 40.9 Å². The lowest BCUT2D eigenvalue weighted by Crippen LogP contribution is -2.30. The van der Waals surface area contributed by atoms with Gasteiger partial charge in [-0.3, -0.25) is 4.79 Å². The van der Waals surface area contributed by atoms with Gasteiger partial charge in [-0.05, 0) is 64.4 Å². The molecular formula is C15H22N2O3. The first-order valence-electron chi connectivity index (χ1n) is 7.17. The standard InChI is InChI=1S/C15H22N2O3/c1-11-10-12(2)17(14(18)13(11)15(19)20)9-5-8-16-6-3-4-7-16/h10H,3-9H2,1-2H3,(H,19,20). The van der Waals surface area contributed by atoms with Gasteiger partial charge in [0.05, 0.1) is 0 Å². The first kappa shape index (κ1) is 14.8. The maximum atomic E-state index is 12.2. The fourth-order valence-corrected chi connectivity index (χ4v) is 2.92. The van der Waals surface area contributed by atoms with Crippen molar-refractivity contribution in [2.24, 2.45) is 0 Å². The van der Waals surface area contributed by atoms with Crippen molar-refractivity contribution in [1.82, 2.24) is 9.47 Å². The molecule has 5 heteroatoms. The minimum atomic E-state index is -1.14. The van der Waals surface area contributed by atoms with Crippen LogP contribution in [0, 0.1) is 13.8 Å². The van der Waals surface area contributed by atoms with Crippen molar-refractivity contribution in [3.8, 4) is 0 Å². The van der Waals surface area contributed by atoms with Gasteiger partial charge in [-0.25, -0.2) is 4.79 Å². The van der Waals surface area contributed by atoms with Crippen LogP contribution in [0.4, 0.5) is 0 Å². The first-order chi connectivity index (χ1) is 9.50. The van der Waals surface area contributed by atoms with Crippen LogP contribution in [-0.4, -0.2) is 40.2 Å². The Kier molecular flexibility index (Phi) is 4.60. The molecule has 0 aromatic carbocycles. The highest BCUT2D eigenvalue weighted by atomic mass is 16.4. The number of rotatable bonds is 5. The molecule has 5 nitrogen and oxygen atoms in total. The highest BCUT2D eigenvalue weighted by Gasteiger charge is 2.17. The van der Waals surface area contributed by atoms with E-state index in [2.05, 4.69) is 4.90 Å². The van der Waals surface area contributed by atoms with E-state index in [-0.39, 0.29) is 11.1 Å². The van der Waals surface area contributed by atoms with Crippen molar-refractivity contribution in [2.75, 3.05) is 19.6 Å². The summed E-state index contributed by atoms with van der Waals surface area (Å²) in [6.45, 7) is 7.37. The number of aromatic carboxylic acids is 1. The van der Waals surface area contributed by atoms with Crippen LogP contribution in [-0.2, 0) is 6.54 Å². The number of carbonyl (C=O) groups is 1. The van der Waals surface area contributed by atoms with Gasteiger partial charge in [0.2, 0.25) is 0 Å².